The number of methoxy groups -OCH3 is 1. The molecule has 0 amide bonds. The number of hydrogen-bond donors (Lipinski definition) is 1. The van der Waals surface area contributed by atoms with Gasteiger partial charge in [-0.3, -0.25) is 4.98 Å². The minimum atomic E-state index is -0.00421. The van der Waals surface area contributed by atoms with Crippen LogP contribution in [-0.2, 0) is 4.74 Å². The molecule has 0 aliphatic heterocycles. The lowest BCUT2D eigenvalue weighted by atomic mass is 10.4. The highest BCUT2D eigenvalue weighted by Gasteiger charge is 1.97. The van der Waals surface area contributed by atoms with Crippen LogP contribution in [0.3, 0.4) is 0 Å². The van der Waals surface area contributed by atoms with Crippen molar-refractivity contribution in [3.05, 3.63) is 24.5 Å². The molecule has 1 radical (unpaired) electrons. The Morgan fingerprint density at radius 3 is 3.09 bits per heavy atom. The summed E-state index contributed by atoms with van der Waals surface area (Å²) in [5.41, 5.74) is 0.849. The third-order valence-corrected chi connectivity index (χ3v) is 1.32. The molecule has 1 aromatic heterocycles. The number of ether oxygens (including phenoxy) is 1. The van der Waals surface area contributed by atoms with Crippen molar-refractivity contribution in [1.29, 1.82) is 0 Å². The van der Waals surface area contributed by atoms with E-state index < -0.39 is 0 Å². The van der Waals surface area contributed by atoms with E-state index in [0.717, 1.165) is 5.69 Å². The van der Waals surface area contributed by atoms with E-state index in [-0.39, 0.29) is 6.23 Å². The smallest absolute Gasteiger partial charge is 0.124 e. The fourth-order valence-electron chi connectivity index (χ4n) is 0.685. The van der Waals surface area contributed by atoms with Gasteiger partial charge in [0.05, 0.1) is 5.69 Å². The van der Waals surface area contributed by atoms with Crippen molar-refractivity contribution in [1.82, 2.24) is 4.98 Å². The SMILES string of the molecule is COC(C)Nc1[c]nccc1. The van der Waals surface area contributed by atoms with Crippen LogP contribution in [0.4, 0.5) is 5.69 Å². The molecule has 59 valence electrons. The predicted octanol–water partition coefficient (Wildman–Crippen LogP) is 1.29. The molecule has 0 aromatic carbocycles. The molecule has 0 fully saturated rings. The zero-order chi connectivity index (χ0) is 8.10. The molecule has 0 aliphatic rings. The van der Waals surface area contributed by atoms with E-state index in [0.29, 0.717) is 0 Å². The summed E-state index contributed by atoms with van der Waals surface area (Å²) < 4.78 is 5.00. The number of pyridine rings is 1. The second-order valence-electron chi connectivity index (χ2n) is 2.19. The van der Waals surface area contributed by atoms with Crippen molar-refractivity contribution in [3.63, 3.8) is 0 Å². The summed E-state index contributed by atoms with van der Waals surface area (Å²) in [4.78, 5) is 3.83. The molecule has 0 saturated heterocycles. The summed E-state index contributed by atoms with van der Waals surface area (Å²) in [6, 6.07) is 3.74. The molecular weight excluding hydrogens is 140 g/mol. The molecule has 0 bridgehead atoms. The molecular formula is C8H11N2O. The van der Waals surface area contributed by atoms with Gasteiger partial charge in [0.15, 0.2) is 0 Å². The lowest BCUT2D eigenvalue weighted by Crippen LogP contribution is -2.16. The Hall–Kier alpha value is -1.09. The molecule has 0 aliphatic carbocycles. The quantitative estimate of drug-likeness (QED) is 0.661. The molecule has 0 spiro atoms. The first kappa shape index (κ1) is 8.01. The van der Waals surface area contributed by atoms with Crippen LogP contribution in [0, 0.1) is 6.20 Å². The highest BCUT2D eigenvalue weighted by Crippen LogP contribution is 2.03. The molecule has 3 nitrogen and oxygen atoms in total. The Morgan fingerprint density at radius 1 is 1.73 bits per heavy atom. The van der Waals surface area contributed by atoms with E-state index in [1.165, 1.54) is 0 Å². The number of rotatable bonds is 3. The summed E-state index contributed by atoms with van der Waals surface area (Å²) in [6.45, 7) is 1.92. The first-order valence-electron chi connectivity index (χ1n) is 3.45. The topological polar surface area (TPSA) is 34.1 Å². The Morgan fingerprint density at radius 2 is 2.55 bits per heavy atom. The Bertz CT molecular complexity index is 201. The van der Waals surface area contributed by atoms with Gasteiger partial charge in [0, 0.05) is 13.3 Å². The van der Waals surface area contributed by atoms with Gasteiger partial charge in [-0.1, -0.05) is 0 Å². The number of aromatic nitrogens is 1. The monoisotopic (exact) mass is 151 g/mol. The molecule has 3 heteroatoms. The number of nitrogens with zero attached hydrogens (tertiary/aromatic N) is 1. The van der Waals surface area contributed by atoms with Gasteiger partial charge in [0.25, 0.3) is 0 Å². The standard InChI is InChI=1S/C8H11N2O/c1-7(11-2)10-8-4-3-5-9-6-8/h3-5,7,10H,1-2H3. The molecule has 1 heterocycles. The second kappa shape index (κ2) is 3.93. The van der Waals surface area contributed by atoms with E-state index >= 15 is 0 Å². The highest BCUT2D eigenvalue weighted by molar-refractivity contribution is 5.38. The van der Waals surface area contributed by atoms with Crippen LogP contribution in [0.25, 0.3) is 0 Å². The van der Waals surface area contributed by atoms with Gasteiger partial charge in [-0.05, 0) is 19.1 Å². The fraction of sp³-hybridized carbons (Fsp3) is 0.375. The van der Waals surface area contributed by atoms with Crippen molar-refractivity contribution < 1.29 is 4.74 Å². The van der Waals surface area contributed by atoms with E-state index in [4.69, 9.17) is 4.74 Å². The van der Waals surface area contributed by atoms with Gasteiger partial charge in [0.2, 0.25) is 0 Å². The fourth-order valence-corrected chi connectivity index (χ4v) is 0.685. The molecule has 11 heavy (non-hydrogen) atoms. The zero-order valence-electron chi connectivity index (χ0n) is 6.66. The van der Waals surface area contributed by atoms with Crippen molar-refractivity contribution in [2.24, 2.45) is 0 Å². The van der Waals surface area contributed by atoms with Gasteiger partial charge in [-0.25, -0.2) is 0 Å². The van der Waals surface area contributed by atoms with Crippen LogP contribution in [0.2, 0.25) is 0 Å². The summed E-state index contributed by atoms with van der Waals surface area (Å²) in [6.07, 6.45) is 4.47. The van der Waals surface area contributed by atoms with Crippen molar-refractivity contribution in [2.45, 2.75) is 13.2 Å². The van der Waals surface area contributed by atoms with Crippen LogP contribution in [0.5, 0.6) is 0 Å². The third-order valence-electron chi connectivity index (χ3n) is 1.32. The maximum atomic E-state index is 5.00. The maximum Gasteiger partial charge on any atom is 0.124 e. The van der Waals surface area contributed by atoms with E-state index in [9.17, 15) is 0 Å². The Labute approximate surface area is 66.4 Å². The average molecular weight is 151 g/mol. The number of nitrogens with one attached hydrogen (secondary N) is 1. The van der Waals surface area contributed by atoms with E-state index in [2.05, 4.69) is 16.5 Å². The summed E-state index contributed by atoms with van der Waals surface area (Å²) in [7, 11) is 1.65. The van der Waals surface area contributed by atoms with Crippen molar-refractivity contribution in [2.75, 3.05) is 12.4 Å². The molecule has 1 unspecified atom stereocenters. The molecule has 1 aromatic rings. The Kier molecular flexibility index (Phi) is 2.86. The first-order chi connectivity index (χ1) is 5.33. The molecule has 0 saturated carbocycles. The van der Waals surface area contributed by atoms with Crippen LogP contribution in [0.15, 0.2) is 18.3 Å². The van der Waals surface area contributed by atoms with Gasteiger partial charge in [0.1, 0.15) is 12.4 Å². The second-order valence-corrected chi connectivity index (χ2v) is 2.19. The van der Waals surface area contributed by atoms with Gasteiger partial charge in [-0.15, -0.1) is 0 Å². The maximum absolute atomic E-state index is 5.00. The summed E-state index contributed by atoms with van der Waals surface area (Å²) >= 11 is 0. The van der Waals surface area contributed by atoms with E-state index in [1.54, 1.807) is 13.3 Å². The van der Waals surface area contributed by atoms with E-state index in [1.807, 2.05) is 19.1 Å². The minimum Gasteiger partial charge on any atom is -0.362 e. The van der Waals surface area contributed by atoms with Crippen LogP contribution in [0.1, 0.15) is 6.92 Å². The molecule has 1 atom stereocenters. The number of anilines is 1. The zero-order valence-corrected chi connectivity index (χ0v) is 6.66. The lowest BCUT2D eigenvalue weighted by Gasteiger charge is -2.11. The minimum absolute atomic E-state index is 0.00421. The van der Waals surface area contributed by atoms with Crippen molar-refractivity contribution in [3.8, 4) is 0 Å². The first-order valence-corrected chi connectivity index (χ1v) is 3.45. The lowest BCUT2D eigenvalue weighted by molar-refractivity contribution is 0.141. The predicted molar refractivity (Wildman–Crippen MR) is 43.2 cm³/mol. The molecule has 1 N–H and O–H groups in total. The third kappa shape index (κ3) is 2.55. The summed E-state index contributed by atoms with van der Waals surface area (Å²) in [5, 5.41) is 3.05. The highest BCUT2D eigenvalue weighted by atomic mass is 16.5. The Balaban J connectivity index is 2.51. The van der Waals surface area contributed by atoms with Gasteiger partial charge in [-0.2, -0.15) is 0 Å². The van der Waals surface area contributed by atoms with Crippen LogP contribution < -0.4 is 5.32 Å². The van der Waals surface area contributed by atoms with Gasteiger partial charge < -0.3 is 10.1 Å². The average Bonchev–Trinajstić information content (AvgIpc) is 2.06. The normalized spacial score (nSPS) is 12.5. The van der Waals surface area contributed by atoms with Gasteiger partial charge >= 0.3 is 0 Å². The summed E-state index contributed by atoms with van der Waals surface area (Å²) in [5.74, 6) is 0. The molecule has 1 rings (SSSR count). The van der Waals surface area contributed by atoms with Crippen LogP contribution >= 0.6 is 0 Å². The largest absolute Gasteiger partial charge is 0.362 e. The van der Waals surface area contributed by atoms with Crippen LogP contribution in [-0.4, -0.2) is 18.3 Å². The number of hydrogen-bond acceptors (Lipinski definition) is 3. The van der Waals surface area contributed by atoms with Crippen molar-refractivity contribution >= 4 is 5.69 Å².